The maximum absolute atomic E-state index is 5.57. The monoisotopic (exact) mass is 499 g/mol. The van der Waals surface area contributed by atoms with E-state index < -0.39 is 0 Å². The van der Waals surface area contributed by atoms with E-state index in [0.717, 1.165) is 36.7 Å². The summed E-state index contributed by atoms with van der Waals surface area (Å²) in [6, 6.07) is 9.92. The Balaban J connectivity index is 0.00000392. The van der Waals surface area contributed by atoms with Crippen LogP contribution in [0.25, 0.3) is 11.5 Å². The van der Waals surface area contributed by atoms with E-state index in [2.05, 4.69) is 39.4 Å². The maximum atomic E-state index is 5.57. The first-order chi connectivity index (χ1) is 13.3. The fourth-order valence-corrected chi connectivity index (χ4v) is 2.97. The van der Waals surface area contributed by atoms with E-state index in [-0.39, 0.29) is 24.0 Å². The van der Waals surface area contributed by atoms with Gasteiger partial charge in [-0.15, -0.1) is 24.0 Å². The van der Waals surface area contributed by atoms with Crippen LogP contribution in [0.2, 0.25) is 0 Å². The van der Waals surface area contributed by atoms with Gasteiger partial charge in [-0.05, 0) is 51.0 Å². The molecule has 0 saturated carbocycles. The van der Waals surface area contributed by atoms with E-state index in [0.29, 0.717) is 12.4 Å². The molecule has 0 unspecified atom stereocenters. The number of hydrogen-bond acceptors (Lipinski definition) is 4. The molecule has 0 aliphatic rings. The van der Waals surface area contributed by atoms with E-state index in [1.807, 2.05) is 30.3 Å². The van der Waals surface area contributed by atoms with Gasteiger partial charge in [0, 0.05) is 19.2 Å². The van der Waals surface area contributed by atoms with E-state index >= 15 is 0 Å². The van der Waals surface area contributed by atoms with Crippen LogP contribution in [0, 0.1) is 0 Å². The Labute approximate surface area is 186 Å². The molecule has 1 aromatic heterocycles. The lowest BCUT2D eigenvalue weighted by atomic mass is 10.2. The van der Waals surface area contributed by atoms with Gasteiger partial charge in [0.2, 0.25) is 5.89 Å². The third-order valence-corrected chi connectivity index (χ3v) is 4.26. The van der Waals surface area contributed by atoms with Crippen molar-refractivity contribution in [2.45, 2.75) is 39.7 Å². The van der Waals surface area contributed by atoms with E-state index in [1.165, 1.54) is 25.9 Å². The lowest BCUT2D eigenvalue weighted by molar-refractivity contribution is 0.271. The average molecular weight is 499 g/mol. The highest BCUT2D eigenvalue weighted by Crippen LogP contribution is 2.17. The summed E-state index contributed by atoms with van der Waals surface area (Å²) in [7, 11) is 1.79. The molecule has 0 fully saturated rings. The van der Waals surface area contributed by atoms with Crippen molar-refractivity contribution in [1.29, 1.82) is 0 Å². The van der Waals surface area contributed by atoms with Gasteiger partial charge >= 0.3 is 0 Å². The summed E-state index contributed by atoms with van der Waals surface area (Å²) in [5.74, 6) is 1.43. The van der Waals surface area contributed by atoms with Crippen molar-refractivity contribution in [1.82, 2.24) is 20.5 Å². The lowest BCUT2D eigenvalue weighted by Gasteiger charge is -2.21. The number of halogens is 1. The van der Waals surface area contributed by atoms with E-state index in [1.54, 1.807) is 13.3 Å². The molecular weight excluding hydrogens is 465 g/mol. The lowest BCUT2D eigenvalue weighted by Crippen LogP contribution is -2.38. The van der Waals surface area contributed by atoms with Crippen molar-refractivity contribution in [3.8, 4) is 11.5 Å². The summed E-state index contributed by atoms with van der Waals surface area (Å²) < 4.78 is 5.57. The van der Waals surface area contributed by atoms with Gasteiger partial charge in [0.15, 0.2) is 5.96 Å². The van der Waals surface area contributed by atoms with E-state index in [4.69, 9.17) is 4.42 Å². The van der Waals surface area contributed by atoms with Crippen LogP contribution in [-0.2, 0) is 6.54 Å². The molecule has 0 spiro atoms. The maximum Gasteiger partial charge on any atom is 0.226 e. The number of oxazole rings is 1. The molecular formula is C21H34IN5O. The predicted molar refractivity (Wildman–Crippen MR) is 127 cm³/mol. The Bertz CT molecular complexity index is 668. The highest BCUT2D eigenvalue weighted by atomic mass is 127. The normalized spacial score (nSPS) is 11.4. The smallest absolute Gasteiger partial charge is 0.226 e. The molecule has 2 rings (SSSR count). The van der Waals surface area contributed by atoms with Gasteiger partial charge in [-0.1, -0.05) is 32.0 Å². The molecule has 0 aliphatic heterocycles. The zero-order valence-electron chi connectivity index (χ0n) is 17.3. The Morgan fingerprint density at radius 3 is 2.43 bits per heavy atom. The minimum atomic E-state index is 0. The molecule has 7 heteroatoms. The van der Waals surface area contributed by atoms with Crippen LogP contribution in [0.3, 0.4) is 0 Å². The van der Waals surface area contributed by atoms with Crippen LogP contribution in [-0.4, -0.2) is 49.1 Å². The fraction of sp³-hybridized carbons (Fsp3) is 0.524. The molecule has 1 aromatic carbocycles. The van der Waals surface area contributed by atoms with Crippen molar-refractivity contribution < 1.29 is 4.42 Å². The summed E-state index contributed by atoms with van der Waals surface area (Å²) in [4.78, 5) is 11.3. The first-order valence-electron chi connectivity index (χ1n) is 9.93. The molecule has 1 heterocycles. The summed E-state index contributed by atoms with van der Waals surface area (Å²) in [6.45, 7) is 9.42. The second-order valence-electron chi connectivity index (χ2n) is 6.56. The quantitative estimate of drug-likeness (QED) is 0.211. The Hall–Kier alpha value is -1.61. The highest BCUT2D eigenvalue weighted by molar-refractivity contribution is 14.0. The SMILES string of the molecule is CCCN(CCC)CCCNC(=NC)NCc1coc(-c2ccccc2)n1.I. The Morgan fingerprint density at radius 1 is 1.07 bits per heavy atom. The minimum absolute atomic E-state index is 0. The Morgan fingerprint density at radius 2 is 1.79 bits per heavy atom. The largest absolute Gasteiger partial charge is 0.444 e. The van der Waals surface area contributed by atoms with Crippen LogP contribution in [0.5, 0.6) is 0 Å². The fourth-order valence-electron chi connectivity index (χ4n) is 2.97. The molecule has 0 atom stereocenters. The number of aromatic nitrogens is 1. The zero-order valence-corrected chi connectivity index (χ0v) is 19.6. The first-order valence-corrected chi connectivity index (χ1v) is 9.93. The molecule has 0 amide bonds. The molecule has 0 aliphatic carbocycles. The van der Waals surface area contributed by atoms with Gasteiger partial charge in [0.05, 0.1) is 12.2 Å². The molecule has 0 bridgehead atoms. The van der Waals surface area contributed by atoms with Crippen LogP contribution in [0.1, 0.15) is 38.8 Å². The van der Waals surface area contributed by atoms with Gasteiger partial charge in [-0.3, -0.25) is 4.99 Å². The molecule has 28 heavy (non-hydrogen) atoms. The third-order valence-electron chi connectivity index (χ3n) is 4.26. The average Bonchev–Trinajstić information content (AvgIpc) is 3.17. The topological polar surface area (TPSA) is 65.7 Å². The summed E-state index contributed by atoms with van der Waals surface area (Å²) in [6.07, 6.45) is 5.21. The van der Waals surface area contributed by atoms with E-state index in [9.17, 15) is 0 Å². The third kappa shape index (κ3) is 8.60. The first kappa shape index (κ1) is 24.4. The van der Waals surface area contributed by atoms with Gasteiger partial charge in [0.1, 0.15) is 6.26 Å². The number of nitrogens with one attached hydrogen (secondary N) is 2. The summed E-state index contributed by atoms with van der Waals surface area (Å²) in [5, 5.41) is 6.66. The van der Waals surface area contributed by atoms with Gasteiger partial charge in [-0.25, -0.2) is 4.98 Å². The number of nitrogens with zero attached hydrogens (tertiary/aromatic N) is 3. The molecule has 2 aromatic rings. The van der Waals surface area contributed by atoms with Crippen LogP contribution >= 0.6 is 24.0 Å². The number of hydrogen-bond donors (Lipinski definition) is 2. The van der Waals surface area contributed by atoms with Gasteiger partial charge < -0.3 is 20.0 Å². The standard InChI is InChI=1S/C21H33N5O.HI/c1-4-13-26(14-5-2)15-9-12-23-21(22-3)24-16-19-17-27-20(25-19)18-10-7-6-8-11-18;/h6-8,10-11,17H,4-5,9,12-16H2,1-3H3,(H2,22,23,24);1H. The van der Waals surface area contributed by atoms with Crippen molar-refractivity contribution in [2.75, 3.05) is 33.2 Å². The minimum Gasteiger partial charge on any atom is -0.444 e. The highest BCUT2D eigenvalue weighted by Gasteiger charge is 2.07. The van der Waals surface area contributed by atoms with Crippen molar-refractivity contribution in [3.05, 3.63) is 42.3 Å². The molecule has 0 radical (unpaired) electrons. The van der Waals surface area contributed by atoms with Gasteiger partial charge in [-0.2, -0.15) is 0 Å². The van der Waals surface area contributed by atoms with Crippen LogP contribution in [0.15, 0.2) is 46.0 Å². The molecule has 6 nitrogen and oxygen atoms in total. The van der Waals surface area contributed by atoms with Crippen LogP contribution < -0.4 is 10.6 Å². The summed E-state index contributed by atoms with van der Waals surface area (Å²) in [5.41, 5.74) is 1.84. The van der Waals surface area contributed by atoms with Gasteiger partial charge in [0.25, 0.3) is 0 Å². The number of benzene rings is 1. The number of guanidine groups is 1. The van der Waals surface area contributed by atoms with Crippen molar-refractivity contribution >= 4 is 29.9 Å². The molecule has 156 valence electrons. The van der Waals surface area contributed by atoms with Crippen molar-refractivity contribution in [2.24, 2.45) is 4.99 Å². The Kier molecular flexibility index (Phi) is 12.6. The number of aliphatic imine (C=N–C) groups is 1. The molecule has 0 saturated heterocycles. The van der Waals surface area contributed by atoms with Crippen molar-refractivity contribution in [3.63, 3.8) is 0 Å². The number of rotatable bonds is 11. The zero-order chi connectivity index (χ0) is 19.3. The summed E-state index contributed by atoms with van der Waals surface area (Å²) >= 11 is 0. The molecule has 2 N–H and O–H groups in total. The van der Waals surface area contributed by atoms with Crippen LogP contribution in [0.4, 0.5) is 0 Å². The predicted octanol–water partition coefficient (Wildman–Crippen LogP) is 4.14. The second kappa shape index (κ2) is 14.4. The second-order valence-corrected chi connectivity index (χ2v) is 6.56.